The van der Waals surface area contributed by atoms with Gasteiger partial charge in [0.25, 0.3) is 10.0 Å². The van der Waals surface area contributed by atoms with Crippen LogP contribution >= 0.6 is 11.3 Å². The highest BCUT2D eigenvalue weighted by molar-refractivity contribution is 7.92. The first-order chi connectivity index (χ1) is 15.2. The molecule has 0 bridgehead atoms. The minimum Gasteiger partial charge on any atom is -0.465 e. The summed E-state index contributed by atoms with van der Waals surface area (Å²) < 4.78 is 32.7. The van der Waals surface area contributed by atoms with Gasteiger partial charge in [-0.25, -0.2) is 13.2 Å². The second kappa shape index (κ2) is 9.97. The quantitative estimate of drug-likeness (QED) is 0.467. The molecule has 0 spiro atoms. The molecule has 2 aromatic carbocycles. The van der Waals surface area contributed by atoms with Crippen LogP contribution in [0.15, 0.2) is 70.3 Å². The van der Waals surface area contributed by atoms with Crippen LogP contribution in [0.2, 0.25) is 0 Å². The minimum atomic E-state index is -4.03. The number of rotatable bonds is 8. The van der Waals surface area contributed by atoms with Gasteiger partial charge in [0.15, 0.2) is 0 Å². The van der Waals surface area contributed by atoms with E-state index in [1.54, 1.807) is 19.2 Å². The van der Waals surface area contributed by atoms with E-state index in [0.717, 1.165) is 15.4 Å². The second-order valence-corrected chi connectivity index (χ2v) is 9.89. The summed E-state index contributed by atoms with van der Waals surface area (Å²) >= 11 is 1.53. The number of anilines is 1. The van der Waals surface area contributed by atoms with E-state index in [4.69, 9.17) is 4.74 Å². The Morgan fingerprint density at radius 2 is 1.66 bits per heavy atom. The third kappa shape index (κ3) is 5.35. The van der Waals surface area contributed by atoms with Crippen LogP contribution in [0, 0.1) is 6.92 Å². The molecule has 0 fully saturated rings. The molecule has 0 aliphatic carbocycles. The van der Waals surface area contributed by atoms with Crippen molar-refractivity contribution in [1.29, 1.82) is 0 Å². The van der Waals surface area contributed by atoms with Gasteiger partial charge in [-0.1, -0.05) is 17.7 Å². The summed E-state index contributed by atoms with van der Waals surface area (Å²) in [6, 6.07) is 14.3. The number of benzene rings is 2. The normalized spacial score (nSPS) is 11.1. The van der Waals surface area contributed by atoms with Crippen molar-refractivity contribution < 1.29 is 22.7 Å². The second-order valence-electron chi connectivity index (χ2n) is 7.24. The molecule has 1 aromatic heterocycles. The number of aryl methyl sites for hydroxylation is 1. The van der Waals surface area contributed by atoms with Gasteiger partial charge >= 0.3 is 5.97 Å². The van der Waals surface area contributed by atoms with Crippen LogP contribution < -0.4 is 4.31 Å². The molecule has 0 saturated heterocycles. The van der Waals surface area contributed by atoms with E-state index in [1.807, 2.05) is 23.8 Å². The van der Waals surface area contributed by atoms with Crippen LogP contribution in [-0.4, -0.2) is 45.9 Å². The molecule has 0 saturated carbocycles. The number of likely N-dealkylation sites (N-methyl/N-ethyl adjacent to an activating group) is 1. The highest BCUT2D eigenvalue weighted by Crippen LogP contribution is 2.25. The minimum absolute atomic E-state index is 0.0773. The number of sulfonamides is 1. The average molecular weight is 473 g/mol. The molecular weight excluding hydrogens is 448 g/mol. The first kappa shape index (κ1) is 23.5. The van der Waals surface area contributed by atoms with Gasteiger partial charge in [-0.05, 0) is 65.7 Å². The van der Waals surface area contributed by atoms with Gasteiger partial charge in [-0.3, -0.25) is 9.10 Å². The molecule has 0 radical (unpaired) electrons. The van der Waals surface area contributed by atoms with Crippen LogP contribution in [0.25, 0.3) is 0 Å². The van der Waals surface area contributed by atoms with Crippen molar-refractivity contribution in [2.45, 2.75) is 18.4 Å². The zero-order chi connectivity index (χ0) is 23.3. The SMILES string of the molecule is COC(=O)c1ccc(N(CC(=O)N(C)Cc2ccsc2)S(=O)(=O)c2ccc(C)cc2)cc1. The van der Waals surface area contributed by atoms with E-state index in [0.29, 0.717) is 6.54 Å². The molecule has 32 heavy (non-hydrogen) atoms. The van der Waals surface area contributed by atoms with E-state index >= 15 is 0 Å². The van der Waals surface area contributed by atoms with Crippen molar-refractivity contribution in [3.63, 3.8) is 0 Å². The largest absolute Gasteiger partial charge is 0.465 e. The Hall–Kier alpha value is -3.17. The first-order valence-electron chi connectivity index (χ1n) is 9.75. The summed E-state index contributed by atoms with van der Waals surface area (Å²) in [6.45, 7) is 1.86. The molecular formula is C23H24N2O5S2. The molecule has 3 aromatic rings. The zero-order valence-electron chi connectivity index (χ0n) is 18.0. The number of nitrogens with zero attached hydrogens (tertiary/aromatic N) is 2. The van der Waals surface area contributed by atoms with Crippen molar-refractivity contribution in [2.24, 2.45) is 0 Å². The average Bonchev–Trinajstić information content (AvgIpc) is 3.30. The first-order valence-corrected chi connectivity index (χ1v) is 12.1. The number of hydrogen-bond acceptors (Lipinski definition) is 6. The molecule has 3 rings (SSSR count). The van der Waals surface area contributed by atoms with Gasteiger partial charge in [-0.15, -0.1) is 0 Å². The summed E-state index contributed by atoms with van der Waals surface area (Å²) in [5, 5.41) is 3.86. The molecule has 0 unspecified atom stereocenters. The summed E-state index contributed by atoms with van der Waals surface area (Å²) in [6.07, 6.45) is 0. The Bertz CT molecular complexity index is 1170. The summed E-state index contributed by atoms with van der Waals surface area (Å²) in [7, 11) is -1.12. The van der Waals surface area contributed by atoms with E-state index in [2.05, 4.69) is 0 Å². The maximum absolute atomic E-state index is 13.5. The lowest BCUT2D eigenvalue weighted by Crippen LogP contribution is -2.41. The van der Waals surface area contributed by atoms with Crippen LogP contribution in [0.1, 0.15) is 21.5 Å². The number of carbonyl (C=O) groups is 2. The molecule has 0 atom stereocenters. The number of carbonyl (C=O) groups excluding carboxylic acids is 2. The van der Waals surface area contributed by atoms with Gasteiger partial charge in [0.1, 0.15) is 6.54 Å². The number of hydrogen-bond donors (Lipinski definition) is 0. The molecule has 1 heterocycles. The molecule has 0 N–H and O–H groups in total. The zero-order valence-corrected chi connectivity index (χ0v) is 19.7. The van der Waals surface area contributed by atoms with E-state index in [1.165, 1.54) is 59.7 Å². The molecule has 7 nitrogen and oxygen atoms in total. The van der Waals surface area contributed by atoms with Crippen LogP contribution in [-0.2, 0) is 26.1 Å². The lowest BCUT2D eigenvalue weighted by atomic mass is 10.2. The highest BCUT2D eigenvalue weighted by Gasteiger charge is 2.28. The van der Waals surface area contributed by atoms with Crippen LogP contribution in [0.3, 0.4) is 0 Å². The number of amides is 1. The summed E-state index contributed by atoms with van der Waals surface area (Å²) in [5.74, 6) is -0.889. The van der Waals surface area contributed by atoms with E-state index < -0.39 is 16.0 Å². The van der Waals surface area contributed by atoms with Gasteiger partial charge in [-0.2, -0.15) is 11.3 Å². The topological polar surface area (TPSA) is 84.0 Å². The number of methoxy groups -OCH3 is 1. The molecule has 9 heteroatoms. The van der Waals surface area contributed by atoms with E-state index in [9.17, 15) is 18.0 Å². The standard InChI is InChI=1S/C23H24N2O5S2/c1-17-4-10-21(11-5-17)32(28,29)25(20-8-6-19(7-9-20)23(27)30-3)15-22(26)24(2)14-18-12-13-31-16-18/h4-13,16H,14-15H2,1-3H3. The lowest BCUT2D eigenvalue weighted by Gasteiger charge is -2.26. The lowest BCUT2D eigenvalue weighted by molar-refractivity contribution is -0.128. The molecule has 0 aliphatic rings. The van der Waals surface area contributed by atoms with Crippen molar-refractivity contribution in [2.75, 3.05) is 25.0 Å². The van der Waals surface area contributed by atoms with Gasteiger partial charge < -0.3 is 9.64 Å². The molecule has 168 valence electrons. The molecule has 0 aliphatic heterocycles. The predicted octanol–water partition coefficient (Wildman–Crippen LogP) is 3.70. The van der Waals surface area contributed by atoms with Crippen molar-refractivity contribution in [3.8, 4) is 0 Å². The number of thiophene rings is 1. The van der Waals surface area contributed by atoms with Crippen molar-refractivity contribution in [1.82, 2.24) is 4.90 Å². The molecule has 1 amide bonds. The third-order valence-corrected chi connectivity index (χ3v) is 7.41. The predicted molar refractivity (Wildman–Crippen MR) is 124 cm³/mol. The fourth-order valence-electron chi connectivity index (χ4n) is 3.02. The van der Waals surface area contributed by atoms with Gasteiger partial charge in [0.05, 0.1) is 23.3 Å². The number of ether oxygens (including phenoxy) is 1. The van der Waals surface area contributed by atoms with Crippen molar-refractivity contribution in [3.05, 3.63) is 82.0 Å². The monoisotopic (exact) mass is 472 g/mol. The summed E-state index contributed by atoms with van der Waals surface area (Å²) in [4.78, 5) is 26.3. The Labute approximate surface area is 191 Å². The van der Waals surface area contributed by atoms with E-state index in [-0.39, 0.29) is 28.6 Å². The van der Waals surface area contributed by atoms with Crippen LogP contribution in [0.4, 0.5) is 5.69 Å². The Morgan fingerprint density at radius 1 is 1.00 bits per heavy atom. The Morgan fingerprint density at radius 3 is 2.22 bits per heavy atom. The van der Waals surface area contributed by atoms with Crippen LogP contribution in [0.5, 0.6) is 0 Å². The number of esters is 1. The maximum atomic E-state index is 13.5. The fraction of sp³-hybridized carbons (Fsp3) is 0.217. The smallest absolute Gasteiger partial charge is 0.337 e. The van der Waals surface area contributed by atoms with Gasteiger partial charge in [0.2, 0.25) is 5.91 Å². The fourth-order valence-corrected chi connectivity index (χ4v) is 5.10. The Kier molecular flexibility index (Phi) is 7.32. The Balaban J connectivity index is 1.94. The van der Waals surface area contributed by atoms with Gasteiger partial charge in [0, 0.05) is 13.6 Å². The maximum Gasteiger partial charge on any atom is 0.337 e. The third-order valence-electron chi connectivity index (χ3n) is 4.89. The van der Waals surface area contributed by atoms with Crippen molar-refractivity contribution >= 4 is 38.9 Å². The highest BCUT2D eigenvalue weighted by atomic mass is 32.2. The summed E-state index contributed by atoms with van der Waals surface area (Å²) in [5.41, 5.74) is 2.45.